The number of aromatic nitrogens is 1. The second-order valence-corrected chi connectivity index (χ2v) is 5.92. The summed E-state index contributed by atoms with van der Waals surface area (Å²) in [4.78, 5) is 36.0. The maximum atomic E-state index is 12.1. The lowest BCUT2D eigenvalue weighted by Crippen LogP contribution is -2.38. The lowest BCUT2D eigenvalue weighted by atomic mass is 10.1. The van der Waals surface area contributed by atoms with Gasteiger partial charge in [0.2, 0.25) is 0 Å². The van der Waals surface area contributed by atoms with Gasteiger partial charge in [-0.3, -0.25) is 14.4 Å². The molecule has 0 aliphatic carbocycles. The molecule has 0 bridgehead atoms. The van der Waals surface area contributed by atoms with Crippen molar-refractivity contribution in [3.05, 3.63) is 72.8 Å². The molecule has 2 heterocycles. The predicted molar refractivity (Wildman–Crippen MR) is 96.4 cm³/mol. The van der Waals surface area contributed by atoms with E-state index in [-0.39, 0.29) is 28.7 Å². The Kier molecular flexibility index (Phi) is 4.31. The van der Waals surface area contributed by atoms with Gasteiger partial charge < -0.3 is 19.6 Å². The first kappa shape index (κ1) is 16.8. The van der Waals surface area contributed by atoms with E-state index in [0.29, 0.717) is 12.2 Å². The van der Waals surface area contributed by atoms with Crippen LogP contribution in [0.2, 0.25) is 0 Å². The van der Waals surface area contributed by atoms with Crippen molar-refractivity contribution in [2.45, 2.75) is 26.3 Å². The highest BCUT2D eigenvalue weighted by atomic mass is 16.3. The van der Waals surface area contributed by atoms with Gasteiger partial charge in [-0.1, -0.05) is 6.92 Å². The van der Waals surface area contributed by atoms with Crippen molar-refractivity contribution >= 4 is 17.1 Å². The minimum Gasteiger partial charge on any atom is -0.464 e. The lowest BCUT2D eigenvalue weighted by Gasteiger charge is -2.20. The van der Waals surface area contributed by atoms with Crippen LogP contribution in [0.25, 0.3) is 0 Å². The number of pyridine rings is 1. The van der Waals surface area contributed by atoms with Crippen molar-refractivity contribution in [3.8, 4) is 0 Å². The molecule has 0 aliphatic heterocycles. The van der Waals surface area contributed by atoms with Crippen LogP contribution in [0.4, 0.5) is 17.1 Å². The molecule has 2 N–H and O–H groups in total. The summed E-state index contributed by atoms with van der Waals surface area (Å²) in [6, 6.07) is 6.69. The Hall–Kier alpha value is -3.09. The van der Waals surface area contributed by atoms with Crippen LogP contribution in [-0.4, -0.2) is 4.57 Å². The molecule has 3 rings (SSSR count). The number of anilines is 3. The molecule has 0 spiro atoms. The van der Waals surface area contributed by atoms with Crippen molar-refractivity contribution in [1.82, 2.24) is 4.57 Å². The summed E-state index contributed by atoms with van der Waals surface area (Å²) in [6.07, 6.45) is 2.28. The molecule has 3 aromatic rings. The fraction of sp³-hybridized carbons (Fsp3) is 0.278. The maximum Gasteiger partial charge on any atom is 0.273 e. The molecule has 0 fully saturated rings. The maximum absolute atomic E-state index is 12.1. The smallest absolute Gasteiger partial charge is 0.273 e. The van der Waals surface area contributed by atoms with Crippen LogP contribution >= 0.6 is 0 Å². The molecule has 0 radical (unpaired) electrons. The molecule has 1 aromatic carbocycles. The van der Waals surface area contributed by atoms with Crippen LogP contribution in [-0.2, 0) is 7.05 Å². The van der Waals surface area contributed by atoms with Crippen LogP contribution in [0.15, 0.2) is 49.3 Å². The number of nitrogens with zero attached hydrogens (tertiary/aromatic N) is 1. The third-order valence-corrected chi connectivity index (χ3v) is 4.12. The van der Waals surface area contributed by atoms with E-state index in [1.54, 1.807) is 25.4 Å². The van der Waals surface area contributed by atoms with E-state index in [9.17, 15) is 14.4 Å². The molecule has 130 valence electrons. The Morgan fingerprint density at radius 1 is 1.12 bits per heavy atom. The minimum absolute atomic E-state index is 0.107. The first-order chi connectivity index (χ1) is 11.9. The SMILES string of the molecule is CCC(Nc1c(Nc2cccn(C)c2=O)c(=O)c1=O)c1ccc(C)o1. The third-order valence-electron chi connectivity index (χ3n) is 4.12. The standard InChI is InChI=1S/C18H19N3O4/c1-4-11(13-8-7-10(2)25-13)19-14-15(17(23)16(14)22)20-12-6-5-9-21(3)18(12)24/h5-9,11,19-20H,4H2,1-3H3. The van der Waals surface area contributed by atoms with Gasteiger partial charge in [0.15, 0.2) is 0 Å². The Morgan fingerprint density at radius 2 is 1.84 bits per heavy atom. The summed E-state index contributed by atoms with van der Waals surface area (Å²) < 4.78 is 6.99. The molecule has 25 heavy (non-hydrogen) atoms. The van der Waals surface area contributed by atoms with Crippen molar-refractivity contribution in [2.24, 2.45) is 7.05 Å². The van der Waals surface area contributed by atoms with Gasteiger partial charge in [-0.2, -0.15) is 0 Å². The van der Waals surface area contributed by atoms with E-state index < -0.39 is 10.9 Å². The lowest BCUT2D eigenvalue weighted by molar-refractivity contribution is 0.452. The van der Waals surface area contributed by atoms with Crippen LogP contribution < -0.4 is 27.1 Å². The van der Waals surface area contributed by atoms with Crippen LogP contribution in [0.5, 0.6) is 0 Å². The summed E-state index contributed by atoms with van der Waals surface area (Å²) in [5.74, 6) is 1.46. The largest absolute Gasteiger partial charge is 0.464 e. The summed E-state index contributed by atoms with van der Waals surface area (Å²) >= 11 is 0. The van der Waals surface area contributed by atoms with Crippen LogP contribution in [0, 0.1) is 6.92 Å². The zero-order valence-electron chi connectivity index (χ0n) is 14.3. The third kappa shape index (κ3) is 3.00. The average Bonchev–Trinajstić information content (AvgIpc) is 3.03. The fourth-order valence-corrected chi connectivity index (χ4v) is 2.67. The van der Waals surface area contributed by atoms with Gasteiger partial charge in [0.25, 0.3) is 16.4 Å². The Labute approximate surface area is 143 Å². The molecule has 0 amide bonds. The molecule has 0 saturated heterocycles. The van der Waals surface area contributed by atoms with E-state index >= 15 is 0 Å². The highest BCUT2D eigenvalue weighted by molar-refractivity contribution is 5.78. The Bertz CT molecular complexity index is 1040. The number of furan rings is 1. The molecule has 1 atom stereocenters. The normalized spacial score (nSPS) is 12.3. The zero-order chi connectivity index (χ0) is 18.1. The van der Waals surface area contributed by atoms with E-state index in [1.807, 2.05) is 26.0 Å². The molecule has 7 heteroatoms. The molecule has 2 aromatic heterocycles. The molecule has 7 nitrogen and oxygen atoms in total. The van der Waals surface area contributed by atoms with E-state index in [2.05, 4.69) is 10.6 Å². The highest BCUT2D eigenvalue weighted by Crippen LogP contribution is 2.27. The first-order valence-corrected chi connectivity index (χ1v) is 8.01. The van der Waals surface area contributed by atoms with Gasteiger partial charge in [0.05, 0.1) is 6.04 Å². The van der Waals surface area contributed by atoms with Gasteiger partial charge in [-0.25, -0.2) is 0 Å². The summed E-state index contributed by atoms with van der Waals surface area (Å²) in [5.41, 5.74) is -1.00. The predicted octanol–water partition coefficient (Wildman–Crippen LogP) is 2.19. The van der Waals surface area contributed by atoms with E-state index in [0.717, 1.165) is 5.76 Å². The molecule has 0 saturated carbocycles. The highest BCUT2D eigenvalue weighted by Gasteiger charge is 2.25. The van der Waals surface area contributed by atoms with Gasteiger partial charge in [0.1, 0.15) is 28.6 Å². The number of aryl methyl sites for hydroxylation is 2. The number of hydrogen-bond donors (Lipinski definition) is 2. The van der Waals surface area contributed by atoms with Crippen molar-refractivity contribution < 1.29 is 4.42 Å². The second kappa shape index (κ2) is 6.43. The summed E-state index contributed by atoms with van der Waals surface area (Å²) in [5, 5.41) is 5.85. The van der Waals surface area contributed by atoms with Gasteiger partial charge >= 0.3 is 0 Å². The minimum atomic E-state index is -0.640. The molecule has 0 aliphatic rings. The zero-order valence-corrected chi connectivity index (χ0v) is 14.3. The molecule has 1 unspecified atom stereocenters. The quantitative estimate of drug-likeness (QED) is 0.668. The monoisotopic (exact) mass is 341 g/mol. The van der Waals surface area contributed by atoms with Crippen molar-refractivity contribution in [3.63, 3.8) is 0 Å². The average molecular weight is 341 g/mol. The summed E-state index contributed by atoms with van der Waals surface area (Å²) in [7, 11) is 1.61. The number of rotatable bonds is 6. The van der Waals surface area contributed by atoms with Crippen LogP contribution in [0.1, 0.15) is 30.9 Å². The van der Waals surface area contributed by atoms with Crippen LogP contribution in [0.3, 0.4) is 0 Å². The number of hydrogen-bond acceptors (Lipinski definition) is 6. The van der Waals surface area contributed by atoms with E-state index in [4.69, 9.17) is 4.42 Å². The topological polar surface area (TPSA) is 93.3 Å². The van der Waals surface area contributed by atoms with Gasteiger partial charge in [0, 0.05) is 13.2 Å². The van der Waals surface area contributed by atoms with Gasteiger partial charge in [-0.15, -0.1) is 0 Å². The Balaban J connectivity index is 1.90. The van der Waals surface area contributed by atoms with E-state index in [1.165, 1.54) is 4.57 Å². The summed E-state index contributed by atoms with van der Waals surface area (Å²) in [6.45, 7) is 3.78. The Morgan fingerprint density at radius 3 is 2.48 bits per heavy atom. The van der Waals surface area contributed by atoms with Crippen molar-refractivity contribution in [1.29, 1.82) is 0 Å². The first-order valence-electron chi connectivity index (χ1n) is 8.01. The van der Waals surface area contributed by atoms with Crippen molar-refractivity contribution in [2.75, 3.05) is 10.6 Å². The molecular formula is C18H19N3O4. The van der Waals surface area contributed by atoms with Gasteiger partial charge in [-0.05, 0) is 37.6 Å². The second-order valence-electron chi connectivity index (χ2n) is 5.92. The number of nitrogens with one attached hydrogen (secondary N) is 2. The fourth-order valence-electron chi connectivity index (χ4n) is 2.67. The molecular weight excluding hydrogens is 322 g/mol.